The Morgan fingerprint density at radius 2 is 1.85 bits per heavy atom. The van der Waals surface area contributed by atoms with Crippen LogP contribution in [0.3, 0.4) is 0 Å². The van der Waals surface area contributed by atoms with Gasteiger partial charge in [0.15, 0.2) is 19.8 Å². The first kappa shape index (κ1) is 35.6. The first-order valence-electron chi connectivity index (χ1n) is 14.9. The van der Waals surface area contributed by atoms with E-state index in [4.69, 9.17) is 13.6 Å². The second-order valence-corrected chi connectivity index (χ2v) is 18.6. The van der Waals surface area contributed by atoms with Crippen LogP contribution >= 0.6 is 0 Å². The highest BCUT2D eigenvalue weighted by Gasteiger charge is 2.43. The van der Waals surface area contributed by atoms with E-state index in [2.05, 4.69) is 54.2 Å². The smallest absolute Gasteiger partial charge is 0.416 e. The molecule has 1 aliphatic rings. The first-order chi connectivity index (χ1) is 21.5. The van der Waals surface area contributed by atoms with Crippen LogP contribution < -0.4 is 15.1 Å². The predicted octanol–water partition coefficient (Wildman–Crippen LogP) is 6.15. The fourth-order valence-corrected chi connectivity index (χ4v) is 5.79. The molecule has 13 nitrogen and oxygen atoms in total. The van der Waals surface area contributed by atoms with Crippen LogP contribution in [0.15, 0.2) is 35.2 Å². The number of carbonyl (C=O) groups is 3. The molecule has 1 N–H and O–H groups in total. The number of carbonyl (C=O) groups excluding carboxylic acids is 3. The average Bonchev–Trinajstić information content (AvgIpc) is 3.63. The fourth-order valence-electron chi connectivity index (χ4n) is 4.45. The number of nitrogens with zero attached hydrogens (tertiary/aromatic N) is 6. The number of hydrogen-bond donors (Lipinski definition) is 1. The molecule has 4 rings (SSSR count). The van der Waals surface area contributed by atoms with E-state index in [-0.39, 0.29) is 64.5 Å². The molecule has 0 radical (unpaired) electrons. The maximum atomic E-state index is 13.4. The lowest BCUT2D eigenvalue weighted by Gasteiger charge is -2.38. The van der Waals surface area contributed by atoms with Crippen molar-refractivity contribution < 1.29 is 41.1 Å². The molecule has 3 amide bonds. The number of anilines is 3. The minimum absolute atomic E-state index is 0.0393. The molecule has 4 heterocycles. The van der Waals surface area contributed by atoms with Crippen molar-refractivity contribution in [2.45, 2.75) is 84.0 Å². The van der Waals surface area contributed by atoms with Gasteiger partial charge in [-0.3, -0.25) is 24.1 Å². The number of alkyl halides is 3. The van der Waals surface area contributed by atoms with Crippen LogP contribution in [0.1, 0.15) is 58.5 Å². The van der Waals surface area contributed by atoms with Gasteiger partial charge in [0, 0.05) is 18.8 Å². The third-order valence-electron chi connectivity index (χ3n) is 7.63. The molecule has 256 valence electrons. The van der Waals surface area contributed by atoms with Crippen molar-refractivity contribution in [3.63, 3.8) is 0 Å². The molecule has 3 aromatic rings. The van der Waals surface area contributed by atoms with Crippen molar-refractivity contribution in [2.75, 3.05) is 28.2 Å². The zero-order valence-corrected chi connectivity index (χ0v) is 28.9. The van der Waals surface area contributed by atoms with Gasteiger partial charge in [-0.15, -0.1) is 0 Å². The largest absolute Gasteiger partial charge is 0.444 e. The molecular formula is C30H40F3N7O6Si. The maximum absolute atomic E-state index is 13.4. The summed E-state index contributed by atoms with van der Waals surface area (Å²) in [4.78, 5) is 48.9. The summed E-state index contributed by atoms with van der Waals surface area (Å²) in [5.41, 5.74) is -0.795. The third kappa shape index (κ3) is 8.76. The Morgan fingerprint density at radius 3 is 2.47 bits per heavy atom. The Hall–Kier alpha value is -4.25. The Balaban J connectivity index is 1.52. The van der Waals surface area contributed by atoms with Gasteiger partial charge in [-0.2, -0.15) is 18.3 Å². The lowest BCUT2D eigenvalue weighted by molar-refractivity contribution is -0.120. The number of oxazole rings is 1. The summed E-state index contributed by atoms with van der Waals surface area (Å²) in [5, 5.41) is 7.07. The zero-order valence-electron chi connectivity index (χ0n) is 27.9. The Bertz CT molecular complexity index is 1640. The Labute approximate surface area is 271 Å². The predicted molar refractivity (Wildman–Crippen MR) is 170 cm³/mol. The van der Waals surface area contributed by atoms with Crippen LogP contribution in [0.4, 0.5) is 35.3 Å². The molecule has 1 atom stereocenters. The summed E-state index contributed by atoms with van der Waals surface area (Å²) in [5.74, 6) is -1.09. The van der Waals surface area contributed by atoms with Crippen LogP contribution in [0.2, 0.25) is 18.1 Å². The highest BCUT2D eigenvalue weighted by molar-refractivity contribution is 6.74. The lowest BCUT2D eigenvalue weighted by Crippen LogP contribution is -2.44. The van der Waals surface area contributed by atoms with Crippen molar-refractivity contribution in [1.29, 1.82) is 0 Å². The summed E-state index contributed by atoms with van der Waals surface area (Å²) in [6, 6.07) is 2.57. The van der Waals surface area contributed by atoms with E-state index in [1.165, 1.54) is 48.7 Å². The molecule has 0 unspecified atom stereocenters. The van der Waals surface area contributed by atoms with E-state index >= 15 is 0 Å². The SMILES string of the molecule is Cn1cc(NC(=O)c2coc(-c3ccnc(N(CC(F)(F)F)C(=O)OC(C)(C)C)c3)n2)c(N2C[C@@H](O[Si](C)(C)C(C)(C)C)CC2=O)n1. The quantitative estimate of drug-likeness (QED) is 0.277. The van der Waals surface area contributed by atoms with Crippen molar-refractivity contribution in [3.05, 3.63) is 36.5 Å². The topological polar surface area (TPSA) is 145 Å². The van der Waals surface area contributed by atoms with Crippen LogP contribution in [-0.4, -0.2) is 76.9 Å². The van der Waals surface area contributed by atoms with Gasteiger partial charge in [-0.1, -0.05) is 20.8 Å². The highest BCUT2D eigenvalue weighted by atomic mass is 28.4. The molecule has 0 aromatic carbocycles. The summed E-state index contributed by atoms with van der Waals surface area (Å²) >= 11 is 0. The molecule has 0 aliphatic carbocycles. The van der Waals surface area contributed by atoms with Crippen LogP contribution in [0, 0.1) is 0 Å². The molecule has 0 spiro atoms. The maximum Gasteiger partial charge on any atom is 0.416 e. The monoisotopic (exact) mass is 679 g/mol. The number of aryl methyl sites for hydroxylation is 1. The first-order valence-corrected chi connectivity index (χ1v) is 17.8. The standard InChI is InChI=1S/C30H40F3N7O6Si/c1-28(2,3)45-27(43)40(17-30(31,32)33)22-12-18(10-11-34-22)26-36-21(16-44-26)25(42)35-20-15-38(7)37-24(20)39-14-19(13-23(39)41)46-47(8,9)29(4,5)6/h10-12,15-16,19H,13-14,17H2,1-9H3,(H,35,42)/t19-/m0/s1. The number of hydrogen-bond acceptors (Lipinski definition) is 9. The zero-order chi connectivity index (χ0) is 35.1. The van der Waals surface area contributed by atoms with E-state index in [1.54, 1.807) is 13.2 Å². The van der Waals surface area contributed by atoms with E-state index < -0.39 is 38.6 Å². The van der Waals surface area contributed by atoms with Gasteiger partial charge in [0.1, 0.15) is 29.9 Å². The Morgan fingerprint density at radius 1 is 1.17 bits per heavy atom. The molecule has 3 aromatic heterocycles. The number of halogens is 3. The highest BCUT2D eigenvalue weighted by Crippen LogP contribution is 2.39. The van der Waals surface area contributed by atoms with Crippen molar-refractivity contribution in [1.82, 2.24) is 19.7 Å². The van der Waals surface area contributed by atoms with E-state index in [1.807, 2.05) is 0 Å². The summed E-state index contributed by atoms with van der Waals surface area (Å²) in [7, 11) is -0.492. The molecule has 0 bridgehead atoms. The molecular weight excluding hydrogens is 639 g/mol. The van der Waals surface area contributed by atoms with Crippen molar-refractivity contribution >= 4 is 43.5 Å². The number of ether oxygens (including phenoxy) is 1. The third-order valence-corrected chi connectivity index (χ3v) is 12.2. The minimum atomic E-state index is -4.74. The normalized spacial score (nSPS) is 16.0. The number of amides is 3. The molecule has 1 fully saturated rings. The average molecular weight is 680 g/mol. The van der Waals surface area contributed by atoms with Gasteiger partial charge >= 0.3 is 12.3 Å². The lowest BCUT2D eigenvalue weighted by atomic mass is 10.2. The molecule has 1 aliphatic heterocycles. The molecule has 17 heteroatoms. The van der Waals surface area contributed by atoms with Gasteiger partial charge in [0.2, 0.25) is 11.8 Å². The second-order valence-electron chi connectivity index (χ2n) is 13.8. The van der Waals surface area contributed by atoms with Gasteiger partial charge in [0.25, 0.3) is 5.91 Å². The number of nitrogens with one attached hydrogen (secondary N) is 1. The molecule has 0 saturated carbocycles. The van der Waals surface area contributed by atoms with Crippen LogP contribution in [0.25, 0.3) is 11.5 Å². The number of aromatic nitrogens is 4. The van der Waals surface area contributed by atoms with E-state index in [0.717, 1.165) is 6.26 Å². The van der Waals surface area contributed by atoms with Gasteiger partial charge in [-0.25, -0.2) is 14.8 Å². The summed E-state index contributed by atoms with van der Waals surface area (Å²) in [6.45, 7) is 13.8. The van der Waals surface area contributed by atoms with E-state index in [0.29, 0.717) is 4.90 Å². The molecule has 47 heavy (non-hydrogen) atoms. The second kappa shape index (κ2) is 12.7. The molecule has 1 saturated heterocycles. The summed E-state index contributed by atoms with van der Waals surface area (Å²) < 4.78 is 58.7. The number of rotatable bonds is 8. The van der Waals surface area contributed by atoms with Crippen LogP contribution in [0.5, 0.6) is 0 Å². The van der Waals surface area contributed by atoms with Gasteiger partial charge < -0.3 is 18.9 Å². The van der Waals surface area contributed by atoms with Gasteiger partial charge in [-0.05, 0) is 51.0 Å². The van der Waals surface area contributed by atoms with Crippen molar-refractivity contribution in [3.8, 4) is 11.5 Å². The summed E-state index contributed by atoms with van der Waals surface area (Å²) in [6.07, 6.45) is -2.32. The minimum Gasteiger partial charge on any atom is -0.444 e. The van der Waals surface area contributed by atoms with Crippen LogP contribution in [-0.2, 0) is 21.0 Å². The van der Waals surface area contributed by atoms with E-state index in [9.17, 15) is 27.6 Å². The van der Waals surface area contributed by atoms with Crippen molar-refractivity contribution in [2.24, 2.45) is 7.05 Å². The number of pyridine rings is 1. The van der Waals surface area contributed by atoms with Gasteiger partial charge in [0.05, 0.1) is 25.3 Å². The fraction of sp³-hybridized carbons (Fsp3) is 0.533. The Kier molecular flexibility index (Phi) is 9.65.